The minimum Gasteiger partial charge on any atom is -0.382 e. The van der Waals surface area contributed by atoms with E-state index in [-0.39, 0.29) is 11.7 Å². The molecular formula is C20H21FN6O. The number of halogens is 1. The molecule has 4 rings (SSSR count). The molecule has 0 radical (unpaired) electrons. The smallest absolute Gasteiger partial charge is 0.219 e. The van der Waals surface area contributed by atoms with Gasteiger partial charge < -0.3 is 10.6 Å². The van der Waals surface area contributed by atoms with Crippen LogP contribution in [0.3, 0.4) is 0 Å². The van der Waals surface area contributed by atoms with Crippen LogP contribution < -0.4 is 5.73 Å². The molecule has 7 nitrogen and oxygen atoms in total. The van der Waals surface area contributed by atoms with Crippen molar-refractivity contribution in [3.05, 3.63) is 48.0 Å². The maximum Gasteiger partial charge on any atom is 0.219 e. The number of carbonyl (C=O) groups is 1. The number of nitrogens with two attached hydrogens (primary N) is 1. The van der Waals surface area contributed by atoms with Crippen molar-refractivity contribution in [1.82, 2.24) is 24.8 Å². The number of hydrogen-bond acceptors (Lipinski definition) is 6. The van der Waals surface area contributed by atoms with Crippen LogP contribution in [0.1, 0.15) is 12.5 Å². The summed E-state index contributed by atoms with van der Waals surface area (Å²) in [6.07, 6.45) is 1.39. The highest BCUT2D eigenvalue weighted by Crippen LogP contribution is 2.24. The molecule has 1 saturated heterocycles. The third-order valence-corrected chi connectivity index (χ3v) is 4.99. The molecule has 2 N–H and O–H groups in total. The third kappa shape index (κ3) is 3.77. The first-order valence-electron chi connectivity index (χ1n) is 9.14. The number of nitrogen functional groups attached to an aromatic ring is 1. The third-order valence-electron chi connectivity index (χ3n) is 4.99. The first kappa shape index (κ1) is 18.2. The summed E-state index contributed by atoms with van der Waals surface area (Å²) in [5, 5.41) is 0. The van der Waals surface area contributed by atoms with Gasteiger partial charge in [-0.15, -0.1) is 0 Å². The summed E-state index contributed by atoms with van der Waals surface area (Å²) in [7, 11) is 0. The SMILES string of the molecule is CC(=O)N1CCN(Cc2cc(F)cc(-c3ccc4ncnc(N)c4n3)c2)CC1. The number of aromatic nitrogens is 3. The Kier molecular flexibility index (Phi) is 4.87. The van der Waals surface area contributed by atoms with E-state index in [1.165, 1.54) is 12.4 Å². The fraction of sp³-hybridized carbons (Fsp3) is 0.300. The maximum absolute atomic E-state index is 14.3. The predicted molar refractivity (Wildman–Crippen MR) is 105 cm³/mol. The fourth-order valence-electron chi connectivity index (χ4n) is 3.49. The molecule has 1 aliphatic rings. The Bertz CT molecular complexity index is 1030. The van der Waals surface area contributed by atoms with Gasteiger partial charge >= 0.3 is 0 Å². The highest BCUT2D eigenvalue weighted by molar-refractivity contribution is 5.85. The van der Waals surface area contributed by atoms with Gasteiger partial charge in [-0.1, -0.05) is 0 Å². The van der Waals surface area contributed by atoms with Gasteiger partial charge in [0.1, 0.15) is 17.7 Å². The van der Waals surface area contributed by atoms with Gasteiger partial charge in [-0.05, 0) is 35.9 Å². The van der Waals surface area contributed by atoms with E-state index in [4.69, 9.17) is 5.73 Å². The van der Waals surface area contributed by atoms with Crippen LogP contribution in [0.25, 0.3) is 22.3 Å². The van der Waals surface area contributed by atoms with Crippen molar-refractivity contribution in [2.24, 2.45) is 0 Å². The predicted octanol–water partition coefficient (Wildman–Crippen LogP) is 2.08. The Morgan fingerprint density at radius 2 is 1.93 bits per heavy atom. The number of carbonyl (C=O) groups excluding carboxylic acids is 1. The van der Waals surface area contributed by atoms with E-state index >= 15 is 0 Å². The van der Waals surface area contributed by atoms with Crippen LogP contribution in [-0.2, 0) is 11.3 Å². The molecule has 0 atom stereocenters. The number of nitrogens with zero attached hydrogens (tertiary/aromatic N) is 5. The summed E-state index contributed by atoms with van der Waals surface area (Å²) < 4.78 is 14.3. The Morgan fingerprint density at radius 1 is 1.14 bits per heavy atom. The number of rotatable bonds is 3. The molecule has 0 aliphatic carbocycles. The molecule has 1 amide bonds. The second-order valence-electron chi connectivity index (χ2n) is 6.95. The van der Waals surface area contributed by atoms with Crippen LogP contribution in [0.5, 0.6) is 0 Å². The van der Waals surface area contributed by atoms with Crippen molar-refractivity contribution in [2.45, 2.75) is 13.5 Å². The molecule has 0 spiro atoms. The fourth-order valence-corrected chi connectivity index (χ4v) is 3.49. The van der Waals surface area contributed by atoms with Gasteiger partial charge in [0.15, 0.2) is 5.82 Å². The normalized spacial score (nSPS) is 15.1. The Labute approximate surface area is 162 Å². The molecule has 0 unspecified atom stereocenters. The molecule has 1 aromatic carbocycles. The molecule has 1 aliphatic heterocycles. The van der Waals surface area contributed by atoms with Crippen molar-refractivity contribution in [3.8, 4) is 11.3 Å². The Balaban J connectivity index is 1.58. The van der Waals surface area contributed by atoms with Crippen LogP contribution in [0.4, 0.5) is 10.2 Å². The van der Waals surface area contributed by atoms with Gasteiger partial charge in [0, 0.05) is 45.2 Å². The number of fused-ring (bicyclic) bond motifs is 1. The standard InChI is InChI=1S/C20H21FN6O/c1-13(28)27-6-4-26(5-7-27)11-14-8-15(10-16(21)9-14)17-2-3-18-19(25-17)20(22)24-12-23-18/h2-3,8-10,12H,4-7,11H2,1H3,(H2,22,23,24). The zero-order valence-electron chi connectivity index (χ0n) is 15.6. The lowest BCUT2D eigenvalue weighted by molar-refractivity contribution is -0.130. The van der Waals surface area contributed by atoms with Crippen molar-refractivity contribution in [3.63, 3.8) is 0 Å². The highest BCUT2D eigenvalue weighted by Gasteiger charge is 2.19. The van der Waals surface area contributed by atoms with Gasteiger partial charge in [-0.3, -0.25) is 9.69 Å². The molecule has 1 fully saturated rings. The van der Waals surface area contributed by atoms with Gasteiger partial charge in [0.25, 0.3) is 0 Å². The largest absolute Gasteiger partial charge is 0.382 e. The van der Waals surface area contributed by atoms with Crippen LogP contribution in [0, 0.1) is 5.82 Å². The highest BCUT2D eigenvalue weighted by atomic mass is 19.1. The molecule has 0 saturated carbocycles. The summed E-state index contributed by atoms with van der Waals surface area (Å²) in [5.74, 6) is 0.0826. The topological polar surface area (TPSA) is 88.2 Å². The van der Waals surface area contributed by atoms with Gasteiger partial charge in [0.2, 0.25) is 5.91 Å². The lowest BCUT2D eigenvalue weighted by Crippen LogP contribution is -2.47. The average molecular weight is 380 g/mol. The van der Waals surface area contributed by atoms with Crippen molar-refractivity contribution < 1.29 is 9.18 Å². The quantitative estimate of drug-likeness (QED) is 0.748. The van der Waals surface area contributed by atoms with Crippen LogP contribution in [0.15, 0.2) is 36.7 Å². The first-order chi connectivity index (χ1) is 13.5. The second-order valence-corrected chi connectivity index (χ2v) is 6.95. The zero-order valence-corrected chi connectivity index (χ0v) is 15.6. The van der Waals surface area contributed by atoms with Crippen molar-refractivity contribution in [1.29, 1.82) is 0 Å². The van der Waals surface area contributed by atoms with Gasteiger partial charge in [-0.25, -0.2) is 19.3 Å². The summed E-state index contributed by atoms with van der Waals surface area (Å²) in [6, 6.07) is 8.56. The van der Waals surface area contributed by atoms with E-state index in [0.29, 0.717) is 47.7 Å². The lowest BCUT2D eigenvalue weighted by atomic mass is 10.1. The first-order valence-corrected chi connectivity index (χ1v) is 9.14. The molecule has 144 valence electrons. The second kappa shape index (κ2) is 7.47. The van der Waals surface area contributed by atoms with E-state index in [1.807, 2.05) is 11.0 Å². The van der Waals surface area contributed by atoms with Gasteiger partial charge in [0.05, 0.1) is 11.2 Å². The molecule has 3 heterocycles. The molecule has 8 heteroatoms. The molecule has 3 aromatic rings. The van der Waals surface area contributed by atoms with Crippen LogP contribution in [0.2, 0.25) is 0 Å². The van der Waals surface area contributed by atoms with Crippen LogP contribution in [-0.4, -0.2) is 56.8 Å². The number of pyridine rings is 1. The summed E-state index contributed by atoms with van der Waals surface area (Å²) >= 11 is 0. The Hall–Kier alpha value is -3.13. The zero-order chi connectivity index (χ0) is 19.7. The van der Waals surface area contributed by atoms with Crippen molar-refractivity contribution in [2.75, 3.05) is 31.9 Å². The molecule has 0 bridgehead atoms. The number of anilines is 1. The molecular weight excluding hydrogens is 359 g/mol. The lowest BCUT2D eigenvalue weighted by Gasteiger charge is -2.34. The van der Waals surface area contributed by atoms with E-state index in [2.05, 4.69) is 19.9 Å². The number of amides is 1. The molecule has 2 aromatic heterocycles. The minimum absolute atomic E-state index is 0.0957. The summed E-state index contributed by atoms with van der Waals surface area (Å²) in [4.78, 5) is 28.2. The van der Waals surface area contributed by atoms with E-state index < -0.39 is 0 Å². The Morgan fingerprint density at radius 3 is 2.68 bits per heavy atom. The van der Waals surface area contributed by atoms with E-state index in [1.54, 1.807) is 25.1 Å². The minimum atomic E-state index is -0.311. The van der Waals surface area contributed by atoms with Crippen LogP contribution >= 0.6 is 0 Å². The number of piperazine rings is 1. The number of hydrogen-bond donors (Lipinski definition) is 1. The van der Waals surface area contributed by atoms with E-state index in [9.17, 15) is 9.18 Å². The molecule has 28 heavy (non-hydrogen) atoms. The van der Waals surface area contributed by atoms with Crippen molar-refractivity contribution >= 4 is 22.8 Å². The number of benzene rings is 1. The van der Waals surface area contributed by atoms with E-state index in [0.717, 1.165) is 18.7 Å². The maximum atomic E-state index is 14.3. The van der Waals surface area contributed by atoms with Gasteiger partial charge in [-0.2, -0.15) is 0 Å². The average Bonchev–Trinajstić information content (AvgIpc) is 2.68. The summed E-state index contributed by atoms with van der Waals surface area (Å²) in [6.45, 7) is 5.14. The monoisotopic (exact) mass is 380 g/mol. The summed E-state index contributed by atoms with van der Waals surface area (Å²) in [5.41, 5.74) is 9.22.